The Balaban J connectivity index is 2.16. The number of ether oxygens (including phenoxy) is 1. The molecule has 0 bridgehead atoms. The maximum atomic E-state index is 13.9. The second kappa shape index (κ2) is 6.55. The van der Waals surface area contributed by atoms with Crippen LogP contribution in [0.15, 0.2) is 36.4 Å². The molecule has 0 aliphatic carbocycles. The van der Waals surface area contributed by atoms with Crippen molar-refractivity contribution in [3.05, 3.63) is 42.0 Å². The average molecular weight is 352 g/mol. The van der Waals surface area contributed by atoms with Crippen molar-refractivity contribution in [3.8, 4) is 5.75 Å². The minimum Gasteiger partial charge on any atom is -0.491 e. The van der Waals surface area contributed by atoms with Crippen LogP contribution in [-0.4, -0.2) is 29.7 Å². The number of fused-ring (bicyclic) bond motifs is 1. The third-order valence-electron chi connectivity index (χ3n) is 4.00. The van der Waals surface area contributed by atoms with Crippen molar-refractivity contribution in [1.29, 1.82) is 0 Å². The lowest BCUT2D eigenvalue weighted by Gasteiger charge is -2.30. The van der Waals surface area contributed by atoms with Crippen LogP contribution in [0.2, 0.25) is 0 Å². The molecule has 25 heavy (non-hydrogen) atoms. The molecule has 0 radical (unpaired) electrons. The summed E-state index contributed by atoms with van der Waals surface area (Å²) in [6.07, 6.45) is -4.66. The van der Waals surface area contributed by atoms with E-state index in [1.165, 1.54) is 6.07 Å². The van der Waals surface area contributed by atoms with Gasteiger partial charge >= 0.3 is 6.18 Å². The Morgan fingerprint density at radius 3 is 2.52 bits per heavy atom. The quantitative estimate of drug-likeness (QED) is 0.905. The molecule has 0 saturated carbocycles. The van der Waals surface area contributed by atoms with Gasteiger partial charge in [0.25, 0.3) is 0 Å². The van der Waals surface area contributed by atoms with Crippen LogP contribution in [0, 0.1) is 0 Å². The SMILES string of the molecule is CC(C)Oc1cc([C@H](N2CCC(=O)N2)C(F)(F)F)c2ccccc2c1. The summed E-state index contributed by atoms with van der Waals surface area (Å²) >= 11 is 0. The monoisotopic (exact) mass is 352 g/mol. The Morgan fingerprint density at radius 2 is 1.92 bits per heavy atom. The first kappa shape index (κ1) is 17.5. The van der Waals surface area contributed by atoms with Gasteiger partial charge in [0, 0.05) is 13.0 Å². The highest BCUT2D eigenvalue weighted by Crippen LogP contribution is 2.42. The van der Waals surface area contributed by atoms with E-state index >= 15 is 0 Å². The number of halogens is 3. The van der Waals surface area contributed by atoms with Crippen LogP contribution in [-0.2, 0) is 4.79 Å². The van der Waals surface area contributed by atoms with Gasteiger partial charge in [-0.05, 0) is 42.3 Å². The molecule has 1 saturated heterocycles. The summed E-state index contributed by atoms with van der Waals surface area (Å²) < 4.78 is 47.3. The van der Waals surface area contributed by atoms with Crippen molar-refractivity contribution in [1.82, 2.24) is 10.4 Å². The van der Waals surface area contributed by atoms with Crippen molar-refractivity contribution >= 4 is 16.7 Å². The van der Waals surface area contributed by atoms with Crippen LogP contribution in [0.25, 0.3) is 10.8 Å². The Morgan fingerprint density at radius 1 is 1.20 bits per heavy atom. The van der Waals surface area contributed by atoms with Gasteiger partial charge in [-0.1, -0.05) is 24.3 Å². The van der Waals surface area contributed by atoms with Gasteiger partial charge in [-0.2, -0.15) is 13.2 Å². The predicted molar refractivity (Wildman–Crippen MR) is 88.0 cm³/mol. The summed E-state index contributed by atoms with van der Waals surface area (Å²) in [5.74, 6) is -0.0309. The molecule has 0 spiro atoms. The lowest BCUT2D eigenvalue weighted by atomic mass is 9.97. The average Bonchev–Trinajstić information content (AvgIpc) is 2.91. The molecule has 2 aromatic carbocycles. The van der Waals surface area contributed by atoms with E-state index in [0.29, 0.717) is 16.5 Å². The Kier molecular flexibility index (Phi) is 4.60. The Hall–Kier alpha value is -2.28. The molecule has 7 heteroatoms. The molecule has 1 aliphatic rings. The first-order chi connectivity index (χ1) is 11.8. The number of benzene rings is 2. The summed E-state index contributed by atoms with van der Waals surface area (Å²) in [5.41, 5.74) is 2.39. The number of nitrogens with zero attached hydrogens (tertiary/aromatic N) is 1. The molecule has 1 N–H and O–H groups in total. The van der Waals surface area contributed by atoms with E-state index in [1.807, 2.05) is 13.8 Å². The third-order valence-corrected chi connectivity index (χ3v) is 4.00. The fourth-order valence-electron chi connectivity index (χ4n) is 3.09. The Labute approximate surface area is 143 Å². The van der Waals surface area contributed by atoms with Gasteiger partial charge < -0.3 is 4.74 Å². The molecule has 2 aromatic rings. The summed E-state index contributed by atoms with van der Waals surface area (Å²) in [5, 5.41) is 2.11. The standard InChI is InChI=1S/C18H19F3N2O2/c1-11(2)25-13-9-12-5-3-4-6-14(12)15(10-13)17(18(19,20)21)23-8-7-16(24)22-23/h3-6,9-11,17H,7-8H2,1-2H3,(H,22,24)/t17-/m0/s1. The zero-order chi connectivity index (χ0) is 18.2. The molecular formula is C18H19F3N2O2. The van der Waals surface area contributed by atoms with Crippen molar-refractivity contribution in [3.63, 3.8) is 0 Å². The van der Waals surface area contributed by atoms with Crippen LogP contribution >= 0.6 is 0 Å². The summed E-state index contributed by atoms with van der Waals surface area (Å²) in [4.78, 5) is 11.4. The lowest BCUT2D eigenvalue weighted by molar-refractivity contribution is -0.190. The van der Waals surface area contributed by atoms with E-state index in [0.717, 1.165) is 5.01 Å². The molecule has 0 unspecified atom stereocenters. The molecule has 1 amide bonds. The number of nitrogens with one attached hydrogen (secondary N) is 1. The molecular weight excluding hydrogens is 333 g/mol. The third kappa shape index (κ3) is 3.71. The van der Waals surface area contributed by atoms with E-state index in [9.17, 15) is 18.0 Å². The number of carbonyl (C=O) groups is 1. The number of rotatable bonds is 4. The number of carbonyl (C=O) groups excluding carboxylic acids is 1. The van der Waals surface area contributed by atoms with Crippen LogP contribution in [0.3, 0.4) is 0 Å². The minimum absolute atomic E-state index is 0.00655. The minimum atomic E-state index is -4.54. The first-order valence-electron chi connectivity index (χ1n) is 8.08. The molecule has 134 valence electrons. The second-order valence-electron chi connectivity index (χ2n) is 6.32. The van der Waals surface area contributed by atoms with Gasteiger partial charge in [0.1, 0.15) is 5.75 Å². The number of hydrazine groups is 1. The highest BCUT2D eigenvalue weighted by atomic mass is 19.4. The normalized spacial score (nSPS) is 17.1. The molecule has 4 nitrogen and oxygen atoms in total. The number of amides is 1. The van der Waals surface area contributed by atoms with Gasteiger partial charge in [0.15, 0.2) is 6.04 Å². The molecule has 0 aromatic heterocycles. The van der Waals surface area contributed by atoms with Gasteiger partial charge in [-0.25, -0.2) is 5.01 Å². The molecule has 1 heterocycles. The molecule has 3 rings (SSSR count). The highest BCUT2D eigenvalue weighted by molar-refractivity contribution is 5.88. The maximum Gasteiger partial charge on any atom is 0.409 e. The molecule has 1 fully saturated rings. The fourth-order valence-corrected chi connectivity index (χ4v) is 3.09. The zero-order valence-corrected chi connectivity index (χ0v) is 13.9. The predicted octanol–water partition coefficient (Wildman–Crippen LogP) is 3.97. The van der Waals surface area contributed by atoms with Crippen LogP contribution in [0.4, 0.5) is 13.2 Å². The van der Waals surface area contributed by atoms with Gasteiger partial charge in [-0.3, -0.25) is 10.2 Å². The van der Waals surface area contributed by atoms with Gasteiger partial charge in [0.05, 0.1) is 6.10 Å². The van der Waals surface area contributed by atoms with Crippen molar-refractivity contribution in [2.24, 2.45) is 0 Å². The van der Waals surface area contributed by atoms with Gasteiger partial charge in [-0.15, -0.1) is 0 Å². The summed E-state index contributed by atoms with van der Waals surface area (Å²) in [7, 11) is 0. The maximum absolute atomic E-state index is 13.9. The van der Waals surface area contributed by atoms with Crippen molar-refractivity contribution in [2.45, 2.75) is 38.6 Å². The fraction of sp³-hybridized carbons (Fsp3) is 0.389. The number of hydrogen-bond donors (Lipinski definition) is 1. The van der Waals surface area contributed by atoms with E-state index in [4.69, 9.17) is 4.74 Å². The first-order valence-corrected chi connectivity index (χ1v) is 8.08. The van der Waals surface area contributed by atoms with Crippen molar-refractivity contribution < 1.29 is 22.7 Å². The zero-order valence-electron chi connectivity index (χ0n) is 13.9. The summed E-state index contributed by atoms with van der Waals surface area (Å²) in [6.45, 7) is 3.64. The lowest BCUT2D eigenvalue weighted by Crippen LogP contribution is -2.43. The molecule has 1 aliphatic heterocycles. The van der Waals surface area contributed by atoms with E-state index in [2.05, 4.69) is 5.43 Å². The smallest absolute Gasteiger partial charge is 0.409 e. The van der Waals surface area contributed by atoms with Crippen LogP contribution < -0.4 is 10.2 Å². The largest absolute Gasteiger partial charge is 0.491 e. The van der Waals surface area contributed by atoms with Crippen molar-refractivity contribution in [2.75, 3.05) is 6.54 Å². The van der Waals surface area contributed by atoms with Crippen LogP contribution in [0.5, 0.6) is 5.75 Å². The Bertz CT molecular complexity index is 789. The van der Waals surface area contributed by atoms with E-state index in [1.54, 1.807) is 30.3 Å². The van der Waals surface area contributed by atoms with Crippen LogP contribution in [0.1, 0.15) is 31.9 Å². The second-order valence-corrected chi connectivity index (χ2v) is 6.32. The molecule has 1 atom stereocenters. The van der Waals surface area contributed by atoms with E-state index < -0.39 is 18.1 Å². The summed E-state index contributed by atoms with van der Waals surface area (Å²) in [6, 6.07) is 8.10. The number of hydrogen-bond acceptors (Lipinski definition) is 3. The topological polar surface area (TPSA) is 41.6 Å². The number of alkyl halides is 3. The van der Waals surface area contributed by atoms with E-state index in [-0.39, 0.29) is 24.6 Å². The van der Waals surface area contributed by atoms with Gasteiger partial charge in [0.2, 0.25) is 5.91 Å². The highest BCUT2D eigenvalue weighted by Gasteiger charge is 2.47.